The van der Waals surface area contributed by atoms with Gasteiger partial charge in [0.15, 0.2) is 0 Å². The summed E-state index contributed by atoms with van der Waals surface area (Å²) in [5, 5.41) is 4.11. The van der Waals surface area contributed by atoms with Crippen molar-refractivity contribution in [3.63, 3.8) is 0 Å². The second-order valence-corrected chi connectivity index (χ2v) is 5.50. The molecule has 0 aliphatic rings. The number of benzene rings is 1. The molecule has 0 atom stereocenters. The van der Waals surface area contributed by atoms with E-state index in [0.717, 1.165) is 30.3 Å². The van der Waals surface area contributed by atoms with Crippen molar-refractivity contribution in [2.24, 2.45) is 5.41 Å². The molecule has 0 unspecified atom stereocenters. The first-order chi connectivity index (χ1) is 8.03. The summed E-state index contributed by atoms with van der Waals surface area (Å²) in [5.41, 5.74) is 1.33. The molecule has 0 fully saturated rings. The van der Waals surface area contributed by atoms with Crippen LogP contribution in [-0.4, -0.2) is 19.7 Å². The summed E-state index contributed by atoms with van der Waals surface area (Å²) >= 11 is 5.83. The van der Waals surface area contributed by atoms with Crippen LogP contribution in [0.4, 0.5) is 0 Å². The van der Waals surface area contributed by atoms with Crippen molar-refractivity contribution >= 4 is 11.6 Å². The summed E-state index contributed by atoms with van der Waals surface area (Å²) in [6.07, 6.45) is 0. The Balaban J connectivity index is 2.29. The molecule has 1 N–H and O–H groups in total. The second kappa shape index (κ2) is 7.00. The van der Waals surface area contributed by atoms with Gasteiger partial charge in [-0.05, 0) is 24.2 Å². The van der Waals surface area contributed by atoms with Crippen LogP contribution in [0.1, 0.15) is 26.3 Å². The highest BCUT2D eigenvalue weighted by molar-refractivity contribution is 6.30. The summed E-state index contributed by atoms with van der Waals surface area (Å²) < 4.78 is 5.74. The van der Waals surface area contributed by atoms with Gasteiger partial charge in [-0.15, -0.1) is 0 Å². The third-order valence-corrected chi connectivity index (χ3v) is 2.78. The van der Waals surface area contributed by atoms with E-state index >= 15 is 0 Å². The van der Waals surface area contributed by atoms with Crippen molar-refractivity contribution in [2.75, 3.05) is 19.7 Å². The molecule has 0 amide bonds. The van der Waals surface area contributed by atoms with Gasteiger partial charge in [0.1, 0.15) is 0 Å². The van der Waals surface area contributed by atoms with E-state index in [0.29, 0.717) is 6.61 Å². The van der Waals surface area contributed by atoms with E-state index in [-0.39, 0.29) is 5.41 Å². The van der Waals surface area contributed by atoms with Crippen molar-refractivity contribution in [3.8, 4) is 0 Å². The molecule has 0 aliphatic heterocycles. The number of rotatable bonds is 7. The number of halogens is 1. The third-order valence-electron chi connectivity index (χ3n) is 2.53. The Labute approximate surface area is 109 Å². The Morgan fingerprint density at radius 2 is 1.88 bits per heavy atom. The Morgan fingerprint density at radius 3 is 2.47 bits per heavy atom. The first-order valence-corrected chi connectivity index (χ1v) is 6.44. The molecular formula is C14H22ClNO. The first-order valence-electron chi connectivity index (χ1n) is 6.06. The lowest BCUT2D eigenvalue weighted by molar-refractivity contribution is 0.0515. The summed E-state index contributed by atoms with van der Waals surface area (Å²) in [6, 6.07) is 7.79. The van der Waals surface area contributed by atoms with Crippen LogP contribution in [0.25, 0.3) is 0 Å². The average molecular weight is 256 g/mol. The zero-order valence-corrected chi connectivity index (χ0v) is 11.7. The number of nitrogens with one attached hydrogen (secondary N) is 1. The van der Waals surface area contributed by atoms with Crippen LogP contribution in [0.15, 0.2) is 24.3 Å². The third kappa shape index (κ3) is 6.06. The number of hydrogen-bond donors (Lipinski definition) is 1. The van der Waals surface area contributed by atoms with E-state index < -0.39 is 0 Å². The number of ether oxygens (including phenoxy) is 1. The predicted octanol–water partition coefficient (Wildman–Crippen LogP) is 3.49. The SMILES string of the molecule is CCNCC(C)(C)COCc1ccc(Cl)cc1. The Kier molecular flexibility index (Phi) is 5.96. The van der Waals surface area contributed by atoms with E-state index in [9.17, 15) is 0 Å². The summed E-state index contributed by atoms with van der Waals surface area (Å²) in [5.74, 6) is 0. The molecule has 0 saturated heterocycles. The fourth-order valence-corrected chi connectivity index (χ4v) is 1.67. The molecule has 17 heavy (non-hydrogen) atoms. The number of hydrogen-bond acceptors (Lipinski definition) is 2. The van der Waals surface area contributed by atoms with Crippen LogP contribution < -0.4 is 5.32 Å². The Morgan fingerprint density at radius 1 is 1.24 bits per heavy atom. The lowest BCUT2D eigenvalue weighted by atomic mass is 9.95. The molecule has 0 radical (unpaired) electrons. The molecule has 0 saturated carbocycles. The van der Waals surface area contributed by atoms with E-state index in [2.05, 4.69) is 26.1 Å². The van der Waals surface area contributed by atoms with E-state index in [1.807, 2.05) is 24.3 Å². The fraction of sp³-hybridized carbons (Fsp3) is 0.571. The molecular weight excluding hydrogens is 234 g/mol. The van der Waals surface area contributed by atoms with Gasteiger partial charge in [-0.25, -0.2) is 0 Å². The largest absolute Gasteiger partial charge is 0.376 e. The molecule has 0 aromatic heterocycles. The lowest BCUT2D eigenvalue weighted by Gasteiger charge is -2.24. The minimum absolute atomic E-state index is 0.169. The quantitative estimate of drug-likeness (QED) is 0.805. The summed E-state index contributed by atoms with van der Waals surface area (Å²) in [7, 11) is 0. The molecule has 1 rings (SSSR count). The van der Waals surface area contributed by atoms with Gasteiger partial charge in [-0.1, -0.05) is 44.5 Å². The highest BCUT2D eigenvalue weighted by Gasteiger charge is 2.17. The van der Waals surface area contributed by atoms with Gasteiger partial charge < -0.3 is 10.1 Å². The lowest BCUT2D eigenvalue weighted by Crippen LogP contribution is -2.33. The van der Waals surface area contributed by atoms with Gasteiger partial charge in [0.25, 0.3) is 0 Å². The minimum Gasteiger partial charge on any atom is -0.376 e. The van der Waals surface area contributed by atoms with Crippen LogP contribution in [0.5, 0.6) is 0 Å². The van der Waals surface area contributed by atoms with Crippen LogP contribution in [0.3, 0.4) is 0 Å². The predicted molar refractivity (Wildman–Crippen MR) is 73.4 cm³/mol. The molecule has 0 heterocycles. The zero-order chi connectivity index (χ0) is 12.7. The second-order valence-electron chi connectivity index (χ2n) is 5.06. The fourth-order valence-electron chi connectivity index (χ4n) is 1.54. The molecule has 1 aromatic carbocycles. The Bertz CT molecular complexity index is 321. The highest BCUT2D eigenvalue weighted by Crippen LogP contribution is 2.16. The first kappa shape index (κ1) is 14.5. The zero-order valence-electron chi connectivity index (χ0n) is 10.9. The smallest absolute Gasteiger partial charge is 0.0717 e. The Hall–Kier alpha value is -0.570. The standard InChI is InChI=1S/C14H22ClNO/c1-4-16-10-14(2,3)11-17-9-12-5-7-13(15)8-6-12/h5-8,16H,4,9-11H2,1-3H3. The van der Waals surface area contributed by atoms with Crippen molar-refractivity contribution in [2.45, 2.75) is 27.4 Å². The maximum Gasteiger partial charge on any atom is 0.0717 e. The van der Waals surface area contributed by atoms with Crippen molar-refractivity contribution < 1.29 is 4.74 Å². The molecule has 0 aliphatic carbocycles. The van der Waals surface area contributed by atoms with Gasteiger partial charge in [-0.2, -0.15) is 0 Å². The van der Waals surface area contributed by atoms with Crippen molar-refractivity contribution in [3.05, 3.63) is 34.9 Å². The summed E-state index contributed by atoms with van der Waals surface area (Å²) in [4.78, 5) is 0. The van der Waals surface area contributed by atoms with Crippen LogP contribution in [0.2, 0.25) is 5.02 Å². The van der Waals surface area contributed by atoms with Gasteiger partial charge in [0.2, 0.25) is 0 Å². The minimum atomic E-state index is 0.169. The van der Waals surface area contributed by atoms with Gasteiger partial charge >= 0.3 is 0 Å². The van der Waals surface area contributed by atoms with Crippen molar-refractivity contribution in [1.82, 2.24) is 5.32 Å². The van der Waals surface area contributed by atoms with E-state index in [1.165, 1.54) is 0 Å². The van der Waals surface area contributed by atoms with Crippen LogP contribution in [0, 0.1) is 5.41 Å². The maximum absolute atomic E-state index is 5.83. The van der Waals surface area contributed by atoms with Crippen molar-refractivity contribution in [1.29, 1.82) is 0 Å². The van der Waals surface area contributed by atoms with Gasteiger partial charge in [0, 0.05) is 17.0 Å². The van der Waals surface area contributed by atoms with Crippen LogP contribution in [-0.2, 0) is 11.3 Å². The monoisotopic (exact) mass is 255 g/mol. The molecule has 0 bridgehead atoms. The molecule has 96 valence electrons. The normalized spacial score (nSPS) is 11.8. The topological polar surface area (TPSA) is 21.3 Å². The average Bonchev–Trinajstić information content (AvgIpc) is 2.29. The maximum atomic E-state index is 5.83. The molecule has 3 heteroatoms. The van der Waals surface area contributed by atoms with Gasteiger partial charge in [0.05, 0.1) is 13.2 Å². The molecule has 0 spiro atoms. The summed E-state index contributed by atoms with van der Waals surface area (Å²) in [6.45, 7) is 9.90. The molecule has 1 aromatic rings. The van der Waals surface area contributed by atoms with Gasteiger partial charge in [-0.3, -0.25) is 0 Å². The van der Waals surface area contributed by atoms with E-state index in [4.69, 9.17) is 16.3 Å². The van der Waals surface area contributed by atoms with Crippen LogP contribution >= 0.6 is 11.6 Å². The molecule has 2 nitrogen and oxygen atoms in total. The highest BCUT2D eigenvalue weighted by atomic mass is 35.5. The van der Waals surface area contributed by atoms with E-state index in [1.54, 1.807) is 0 Å².